The number of aliphatic hydroxyl groups is 1. The van der Waals surface area contributed by atoms with Gasteiger partial charge >= 0.3 is 5.97 Å². The number of aliphatic hydroxyl groups excluding tert-OH is 1. The number of carboxylic acids is 1. The Morgan fingerprint density at radius 1 is 1.00 bits per heavy atom. The van der Waals surface area contributed by atoms with Gasteiger partial charge in [-0.05, 0) is 22.8 Å². The second-order valence-electron chi connectivity index (χ2n) is 4.06. The minimum absolute atomic E-state index is 0.172. The summed E-state index contributed by atoms with van der Waals surface area (Å²) >= 11 is 0. The van der Waals surface area contributed by atoms with Crippen LogP contribution in [-0.4, -0.2) is 16.2 Å². The Balaban J connectivity index is 2.34. The van der Waals surface area contributed by atoms with Gasteiger partial charge in [-0.3, -0.25) is 0 Å². The molecule has 1 aliphatic rings. The van der Waals surface area contributed by atoms with Gasteiger partial charge in [0, 0.05) is 5.56 Å². The number of carboxylic acid groups (broad SMARTS) is 1. The van der Waals surface area contributed by atoms with Gasteiger partial charge in [0.1, 0.15) is 6.10 Å². The molecule has 1 atom stereocenters. The summed E-state index contributed by atoms with van der Waals surface area (Å²) < 4.78 is 0. The first-order valence-electron chi connectivity index (χ1n) is 5.33. The Labute approximate surface area is 98.0 Å². The molecule has 0 aliphatic heterocycles. The molecule has 84 valence electrons. The van der Waals surface area contributed by atoms with E-state index in [0.29, 0.717) is 5.56 Å². The van der Waals surface area contributed by atoms with E-state index >= 15 is 0 Å². The molecule has 0 bridgehead atoms. The third-order valence-electron chi connectivity index (χ3n) is 3.16. The van der Waals surface area contributed by atoms with E-state index < -0.39 is 12.1 Å². The molecule has 0 amide bonds. The molecule has 3 rings (SSSR count). The molecule has 0 saturated heterocycles. The molecule has 2 aromatic rings. The standard InChI is InChI=1S/C14H10O3/c15-13-10-5-2-1-4-8(10)9-6-3-7-11(12(9)13)14(16)17/h1-7,13,15H,(H,16,17)/t13-/m0/s1. The Morgan fingerprint density at radius 3 is 2.47 bits per heavy atom. The summed E-state index contributed by atoms with van der Waals surface area (Å²) in [4.78, 5) is 11.1. The number of aromatic carboxylic acids is 1. The van der Waals surface area contributed by atoms with Crippen LogP contribution in [0.1, 0.15) is 27.6 Å². The van der Waals surface area contributed by atoms with Crippen molar-refractivity contribution in [1.29, 1.82) is 0 Å². The molecule has 0 unspecified atom stereocenters. The van der Waals surface area contributed by atoms with E-state index in [-0.39, 0.29) is 5.56 Å². The van der Waals surface area contributed by atoms with Gasteiger partial charge in [-0.25, -0.2) is 4.79 Å². The van der Waals surface area contributed by atoms with E-state index in [2.05, 4.69) is 0 Å². The second-order valence-corrected chi connectivity index (χ2v) is 4.06. The first-order chi connectivity index (χ1) is 8.20. The summed E-state index contributed by atoms with van der Waals surface area (Å²) in [5, 5.41) is 19.3. The molecule has 0 radical (unpaired) electrons. The molecule has 17 heavy (non-hydrogen) atoms. The fraction of sp³-hybridized carbons (Fsp3) is 0.0714. The largest absolute Gasteiger partial charge is 0.478 e. The molecule has 1 aliphatic carbocycles. The molecule has 3 heteroatoms. The number of rotatable bonds is 1. The van der Waals surface area contributed by atoms with Crippen molar-refractivity contribution in [3.63, 3.8) is 0 Å². The van der Waals surface area contributed by atoms with Gasteiger partial charge in [0.15, 0.2) is 0 Å². The molecule has 0 spiro atoms. The van der Waals surface area contributed by atoms with Crippen molar-refractivity contribution in [3.05, 3.63) is 59.2 Å². The maximum atomic E-state index is 11.1. The number of fused-ring (bicyclic) bond motifs is 3. The topological polar surface area (TPSA) is 57.5 Å². The monoisotopic (exact) mass is 226 g/mol. The lowest BCUT2D eigenvalue weighted by Gasteiger charge is -2.08. The second kappa shape index (κ2) is 3.43. The van der Waals surface area contributed by atoms with Crippen LogP contribution in [0, 0.1) is 0 Å². The van der Waals surface area contributed by atoms with Crippen LogP contribution in [-0.2, 0) is 0 Å². The smallest absolute Gasteiger partial charge is 0.336 e. The summed E-state index contributed by atoms with van der Waals surface area (Å²) in [6.45, 7) is 0. The third-order valence-corrected chi connectivity index (χ3v) is 3.16. The van der Waals surface area contributed by atoms with Crippen LogP contribution in [0.5, 0.6) is 0 Å². The maximum absolute atomic E-state index is 11.1. The van der Waals surface area contributed by atoms with Crippen molar-refractivity contribution in [2.24, 2.45) is 0 Å². The summed E-state index contributed by atoms with van der Waals surface area (Å²) in [6, 6.07) is 12.5. The zero-order valence-electron chi connectivity index (χ0n) is 8.92. The lowest BCUT2D eigenvalue weighted by molar-refractivity contribution is 0.0692. The van der Waals surface area contributed by atoms with Gasteiger partial charge in [0.05, 0.1) is 5.56 Å². The minimum Gasteiger partial charge on any atom is -0.478 e. The first-order valence-corrected chi connectivity index (χ1v) is 5.33. The predicted molar refractivity (Wildman–Crippen MR) is 62.9 cm³/mol. The van der Waals surface area contributed by atoms with E-state index in [4.69, 9.17) is 5.11 Å². The van der Waals surface area contributed by atoms with Gasteiger partial charge < -0.3 is 10.2 Å². The SMILES string of the molecule is O=C(O)c1cccc2c1[C@@H](O)c1ccccc1-2. The van der Waals surface area contributed by atoms with Crippen LogP contribution in [0.15, 0.2) is 42.5 Å². The van der Waals surface area contributed by atoms with Gasteiger partial charge in [0.25, 0.3) is 0 Å². The molecule has 2 aromatic carbocycles. The highest BCUT2D eigenvalue weighted by atomic mass is 16.4. The summed E-state index contributed by atoms with van der Waals surface area (Å²) in [5.74, 6) is -1.01. The molecule has 0 aromatic heterocycles. The third kappa shape index (κ3) is 1.29. The van der Waals surface area contributed by atoms with Crippen molar-refractivity contribution >= 4 is 5.97 Å². The fourth-order valence-corrected chi connectivity index (χ4v) is 2.42. The van der Waals surface area contributed by atoms with Crippen molar-refractivity contribution in [3.8, 4) is 11.1 Å². The number of hydrogen-bond acceptors (Lipinski definition) is 2. The normalized spacial score (nSPS) is 16.4. The summed E-state index contributed by atoms with van der Waals surface area (Å²) in [5.41, 5.74) is 3.18. The molecule has 2 N–H and O–H groups in total. The molecule has 0 saturated carbocycles. The quantitative estimate of drug-likeness (QED) is 0.785. The molecule has 0 fully saturated rings. The highest BCUT2D eigenvalue weighted by Gasteiger charge is 2.30. The van der Waals surface area contributed by atoms with Crippen LogP contribution in [0.3, 0.4) is 0 Å². The average Bonchev–Trinajstić information content (AvgIpc) is 2.64. The van der Waals surface area contributed by atoms with E-state index in [9.17, 15) is 9.90 Å². The van der Waals surface area contributed by atoms with Crippen LogP contribution >= 0.6 is 0 Å². The molecular formula is C14H10O3. The van der Waals surface area contributed by atoms with E-state index in [0.717, 1.165) is 16.7 Å². The first kappa shape index (κ1) is 10.1. The van der Waals surface area contributed by atoms with Gasteiger partial charge in [-0.1, -0.05) is 36.4 Å². The lowest BCUT2D eigenvalue weighted by atomic mass is 10.0. The maximum Gasteiger partial charge on any atom is 0.336 e. The van der Waals surface area contributed by atoms with Gasteiger partial charge in [-0.2, -0.15) is 0 Å². The van der Waals surface area contributed by atoms with Crippen LogP contribution in [0.4, 0.5) is 0 Å². The van der Waals surface area contributed by atoms with E-state index in [1.165, 1.54) is 6.07 Å². The van der Waals surface area contributed by atoms with Crippen LogP contribution in [0.25, 0.3) is 11.1 Å². The highest BCUT2D eigenvalue weighted by molar-refractivity contribution is 5.94. The molecule has 0 heterocycles. The summed E-state index contributed by atoms with van der Waals surface area (Å²) in [7, 11) is 0. The minimum atomic E-state index is -1.01. The zero-order chi connectivity index (χ0) is 12.0. The van der Waals surface area contributed by atoms with E-state index in [1.54, 1.807) is 6.07 Å². The Bertz CT molecular complexity index is 617. The van der Waals surface area contributed by atoms with Crippen molar-refractivity contribution in [2.75, 3.05) is 0 Å². The Hall–Kier alpha value is -2.13. The van der Waals surface area contributed by atoms with Gasteiger partial charge in [-0.15, -0.1) is 0 Å². The van der Waals surface area contributed by atoms with Crippen LogP contribution < -0.4 is 0 Å². The Morgan fingerprint density at radius 2 is 1.71 bits per heavy atom. The molecular weight excluding hydrogens is 216 g/mol. The average molecular weight is 226 g/mol. The lowest BCUT2D eigenvalue weighted by Crippen LogP contribution is -2.05. The van der Waals surface area contributed by atoms with Crippen molar-refractivity contribution < 1.29 is 15.0 Å². The molecule has 3 nitrogen and oxygen atoms in total. The van der Waals surface area contributed by atoms with E-state index in [1.807, 2.05) is 30.3 Å². The Kier molecular flexibility index (Phi) is 2.03. The van der Waals surface area contributed by atoms with Gasteiger partial charge in [0.2, 0.25) is 0 Å². The van der Waals surface area contributed by atoms with Crippen molar-refractivity contribution in [1.82, 2.24) is 0 Å². The predicted octanol–water partition coefficient (Wildman–Crippen LogP) is 2.45. The summed E-state index contributed by atoms with van der Waals surface area (Å²) in [6.07, 6.45) is -0.839. The fourth-order valence-electron chi connectivity index (χ4n) is 2.42. The number of hydrogen-bond donors (Lipinski definition) is 2. The number of benzene rings is 2. The number of carbonyl (C=O) groups is 1. The highest BCUT2D eigenvalue weighted by Crippen LogP contribution is 2.44. The van der Waals surface area contributed by atoms with Crippen LogP contribution in [0.2, 0.25) is 0 Å². The zero-order valence-corrected chi connectivity index (χ0v) is 8.92. The van der Waals surface area contributed by atoms with Crippen molar-refractivity contribution in [2.45, 2.75) is 6.10 Å².